The van der Waals surface area contributed by atoms with E-state index in [0.29, 0.717) is 39.1 Å². The standard InChI is InChI=1S/C14H21N3O3S/c1-11-10-21-14(20)17(11)7-4-13(19)16-6-3-5-15(8-9-16)12(2)18/h10H,3-9H2,1-2H3. The molecule has 21 heavy (non-hydrogen) atoms. The molecule has 0 unspecified atom stereocenters. The zero-order valence-electron chi connectivity index (χ0n) is 12.5. The second kappa shape index (κ2) is 6.89. The summed E-state index contributed by atoms with van der Waals surface area (Å²) in [5.41, 5.74) is 0.899. The Labute approximate surface area is 128 Å². The summed E-state index contributed by atoms with van der Waals surface area (Å²) in [4.78, 5) is 38.8. The van der Waals surface area contributed by atoms with Crippen LogP contribution < -0.4 is 4.87 Å². The smallest absolute Gasteiger partial charge is 0.307 e. The van der Waals surface area contributed by atoms with E-state index in [1.54, 1.807) is 21.3 Å². The van der Waals surface area contributed by atoms with Crippen molar-refractivity contribution in [1.82, 2.24) is 14.4 Å². The van der Waals surface area contributed by atoms with Crippen molar-refractivity contribution in [3.63, 3.8) is 0 Å². The zero-order chi connectivity index (χ0) is 15.4. The number of nitrogens with zero attached hydrogens (tertiary/aromatic N) is 3. The number of carbonyl (C=O) groups is 2. The van der Waals surface area contributed by atoms with Crippen molar-refractivity contribution in [3.05, 3.63) is 20.7 Å². The van der Waals surface area contributed by atoms with E-state index in [-0.39, 0.29) is 16.7 Å². The molecule has 116 valence electrons. The molecule has 0 aliphatic carbocycles. The summed E-state index contributed by atoms with van der Waals surface area (Å²) in [5, 5.41) is 1.81. The van der Waals surface area contributed by atoms with E-state index in [1.165, 1.54) is 0 Å². The highest BCUT2D eigenvalue weighted by atomic mass is 32.1. The molecule has 0 bridgehead atoms. The molecule has 0 N–H and O–H groups in total. The molecule has 0 spiro atoms. The van der Waals surface area contributed by atoms with Crippen molar-refractivity contribution in [2.75, 3.05) is 26.2 Å². The highest BCUT2D eigenvalue weighted by molar-refractivity contribution is 7.07. The van der Waals surface area contributed by atoms with Gasteiger partial charge in [0.25, 0.3) is 0 Å². The number of aromatic nitrogens is 1. The number of hydrogen-bond acceptors (Lipinski definition) is 4. The largest absolute Gasteiger partial charge is 0.341 e. The van der Waals surface area contributed by atoms with Crippen LogP contribution in [0.2, 0.25) is 0 Å². The van der Waals surface area contributed by atoms with Crippen LogP contribution in [0.25, 0.3) is 0 Å². The van der Waals surface area contributed by atoms with Crippen LogP contribution in [-0.4, -0.2) is 52.4 Å². The number of aryl methyl sites for hydroxylation is 1. The van der Waals surface area contributed by atoms with E-state index < -0.39 is 0 Å². The summed E-state index contributed by atoms with van der Waals surface area (Å²) in [7, 11) is 0. The van der Waals surface area contributed by atoms with Gasteiger partial charge in [0, 0.05) is 57.1 Å². The summed E-state index contributed by atoms with van der Waals surface area (Å²) in [6.45, 7) is 6.43. The van der Waals surface area contributed by atoms with Gasteiger partial charge in [0.2, 0.25) is 11.8 Å². The third-order valence-electron chi connectivity index (χ3n) is 3.82. The van der Waals surface area contributed by atoms with Gasteiger partial charge < -0.3 is 14.4 Å². The fourth-order valence-corrected chi connectivity index (χ4v) is 3.28. The van der Waals surface area contributed by atoms with Gasteiger partial charge in [0.15, 0.2) is 0 Å². The lowest BCUT2D eigenvalue weighted by Crippen LogP contribution is -2.37. The van der Waals surface area contributed by atoms with Gasteiger partial charge in [-0.05, 0) is 13.3 Å². The first-order valence-electron chi connectivity index (χ1n) is 7.17. The lowest BCUT2D eigenvalue weighted by Gasteiger charge is -2.21. The fourth-order valence-electron chi connectivity index (χ4n) is 2.52. The average molecular weight is 311 g/mol. The molecule has 0 saturated carbocycles. The second-order valence-electron chi connectivity index (χ2n) is 5.29. The normalized spacial score (nSPS) is 15.9. The van der Waals surface area contributed by atoms with Gasteiger partial charge in [0.05, 0.1) is 0 Å². The second-order valence-corrected chi connectivity index (χ2v) is 6.11. The molecule has 2 heterocycles. The summed E-state index contributed by atoms with van der Waals surface area (Å²) in [6.07, 6.45) is 1.14. The quantitative estimate of drug-likeness (QED) is 0.825. The maximum absolute atomic E-state index is 12.3. The third kappa shape index (κ3) is 3.93. The van der Waals surface area contributed by atoms with Crippen LogP contribution in [0.4, 0.5) is 0 Å². The number of amides is 2. The van der Waals surface area contributed by atoms with Crippen LogP contribution in [0.3, 0.4) is 0 Å². The minimum Gasteiger partial charge on any atom is -0.341 e. The SMILES string of the molecule is CC(=O)N1CCCN(C(=O)CCn2c(C)csc2=O)CC1. The number of carbonyl (C=O) groups excluding carboxylic acids is 2. The minimum atomic E-state index is -0.0149. The van der Waals surface area contributed by atoms with E-state index in [4.69, 9.17) is 0 Å². The molecule has 0 aromatic carbocycles. The summed E-state index contributed by atoms with van der Waals surface area (Å²) < 4.78 is 1.64. The molecule has 2 rings (SSSR count). The van der Waals surface area contributed by atoms with Gasteiger partial charge in [-0.2, -0.15) is 0 Å². The van der Waals surface area contributed by atoms with Crippen molar-refractivity contribution in [2.24, 2.45) is 0 Å². The van der Waals surface area contributed by atoms with Gasteiger partial charge in [0.1, 0.15) is 0 Å². The first-order valence-corrected chi connectivity index (χ1v) is 8.05. The molecular formula is C14H21N3O3S. The lowest BCUT2D eigenvalue weighted by atomic mass is 10.3. The predicted octanol–water partition coefficient (Wildman–Crippen LogP) is 0.689. The Kier molecular flexibility index (Phi) is 5.17. The van der Waals surface area contributed by atoms with E-state index in [1.807, 2.05) is 12.3 Å². The Morgan fingerprint density at radius 3 is 2.48 bits per heavy atom. The summed E-state index contributed by atoms with van der Waals surface area (Å²) in [5.74, 6) is 0.114. The minimum absolute atomic E-state index is 0.0149. The van der Waals surface area contributed by atoms with E-state index >= 15 is 0 Å². The van der Waals surface area contributed by atoms with Crippen molar-refractivity contribution in [1.29, 1.82) is 0 Å². The fraction of sp³-hybridized carbons (Fsp3) is 0.643. The maximum atomic E-state index is 12.3. The number of hydrogen-bond donors (Lipinski definition) is 0. The molecular weight excluding hydrogens is 290 g/mol. The van der Waals surface area contributed by atoms with Gasteiger partial charge >= 0.3 is 4.87 Å². The Bertz CT molecular complexity index is 578. The first kappa shape index (κ1) is 15.8. The van der Waals surface area contributed by atoms with Gasteiger partial charge in [-0.15, -0.1) is 0 Å². The lowest BCUT2D eigenvalue weighted by molar-refractivity contribution is -0.132. The van der Waals surface area contributed by atoms with Crippen molar-refractivity contribution < 1.29 is 9.59 Å². The molecule has 1 aromatic rings. The van der Waals surface area contributed by atoms with Crippen LogP contribution in [0.5, 0.6) is 0 Å². The van der Waals surface area contributed by atoms with Crippen LogP contribution in [-0.2, 0) is 16.1 Å². The molecule has 0 radical (unpaired) electrons. The first-order chi connectivity index (χ1) is 9.99. The van der Waals surface area contributed by atoms with Crippen LogP contribution in [0, 0.1) is 6.92 Å². The Hall–Kier alpha value is -1.63. The van der Waals surface area contributed by atoms with Crippen LogP contribution >= 0.6 is 11.3 Å². The van der Waals surface area contributed by atoms with E-state index in [0.717, 1.165) is 23.5 Å². The molecule has 1 fully saturated rings. The van der Waals surface area contributed by atoms with Crippen molar-refractivity contribution in [2.45, 2.75) is 33.2 Å². The van der Waals surface area contributed by atoms with Crippen LogP contribution in [0.1, 0.15) is 25.5 Å². The topological polar surface area (TPSA) is 62.6 Å². The molecule has 0 atom stereocenters. The zero-order valence-corrected chi connectivity index (χ0v) is 13.3. The average Bonchev–Trinajstić information content (AvgIpc) is 2.68. The molecule has 1 aliphatic heterocycles. The molecule has 1 aromatic heterocycles. The van der Waals surface area contributed by atoms with Crippen molar-refractivity contribution >= 4 is 23.2 Å². The molecule has 1 aliphatic rings. The summed E-state index contributed by atoms with van der Waals surface area (Å²) >= 11 is 1.16. The van der Waals surface area contributed by atoms with E-state index in [9.17, 15) is 14.4 Å². The molecule has 7 heteroatoms. The van der Waals surface area contributed by atoms with E-state index in [2.05, 4.69) is 0 Å². The third-order valence-corrected chi connectivity index (χ3v) is 4.70. The van der Waals surface area contributed by atoms with Gasteiger partial charge in [-0.3, -0.25) is 14.4 Å². The van der Waals surface area contributed by atoms with Gasteiger partial charge in [-0.1, -0.05) is 11.3 Å². The number of thiazole rings is 1. The molecule has 1 saturated heterocycles. The predicted molar refractivity (Wildman–Crippen MR) is 81.4 cm³/mol. The Morgan fingerprint density at radius 2 is 1.86 bits per heavy atom. The van der Waals surface area contributed by atoms with Crippen LogP contribution in [0.15, 0.2) is 10.2 Å². The maximum Gasteiger partial charge on any atom is 0.307 e. The monoisotopic (exact) mass is 311 g/mol. The highest BCUT2D eigenvalue weighted by Gasteiger charge is 2.20. The number of rotatable bonds is 3. The van der Waals surface area contributed by atoms with Crippen molar-refractivity contribution in [3.8, 4) is 0 Å². The highest BCUT2D eigenvalue weighted by Crippen LogP contribution is 2.07. The Balaban J connectivity index is 1.89. The molecule has 6 nitrogen and oxygen atoms in total. The molecule has 2 amide bonds. The van der Waals surface area contributed by atoms with Gasteiger partial charge in [-0.25, -0.2) is 0 Å². The summed E-state index contributed by atoms with van der Waals surface area (Å²) in [6, 6.07) is 0. The Morgan fingerprint density at radius 1 is 1.19 bits per heavy atom.